The average molecular weight is 254 g/mol. The second kappa shape index (κ2) is 7.92. The number of nitrogens with two attached hydrogens (primary N) is 1. The summed E-state index contributed by atoms with van der Waals surface area (Å²) in [6, 6.07) is 5.80. The maximum atomic E-state index is 5.80. The van der Waals surface area contributed by atoms with Crippen molar-refractivity contribution in [1.82, 2.24) is 5.32 Å². The van der Waals surface area contributed by atoms with Gasteiger partial charge in [0.25, 0.3) is 0 Å². The van der Waals surface area contributed by atoms with Gasteiger partial charge in [0.1, 0.15) is 0 Å². The first-order valence-electron chi connectivity index (χ1n) is 5.91. The van der Waals surface area contributed by atoms with E-state index in [1.807, 2.05) is 18.2 Å². The van der Waals surface area contributed by atoms with E-state index >= 15 is 0 Å². The predicted molar refractivity (Wildman–Crippen MR) is 71.2 cm³/mol. The Morgan fingerprint density at radius 3 is 2.56 bits per heavy atom. The van der Waals surface area contributed by atoms with Crippen LogP contribution >= 0.6 is 0 Å². The molecule has 0 spiro atoms. The number of rotatable bonds is 8. The van der Waals surface area contributed by atoms with Crippen molar-refractivity contribution in [3.63, 3.8) is 0 Å². The number of benzene rings is 1. The van der Waals surface area contributed by atoms with Crippen molar-refractivity contribution in [2.75, 3.05) is 41.0 Å². The van der Waals surface area contributed by atoms with E-state index in [1.165, 1.54) is 0 Å². The first-order chi connectivity index (χ1) is 8.78. The second-order valence-corrected chi connectivity index (χ2v) is 3.82. The Hall–Kier alpha value is -1.30. The number of para-hydroxylation sites is 1. The summed E-state index contributed by atoms with van der Waals surface area (Å²) < 4.78 is 15.7. The largest absolute Gasteiger partial charge is 0.493 e. The maximum Gasteiger partial charge on any atom is 0.165 e. The minimum Gasteiger partial charge on any atom is -0.493 e. The SMILES string of the molecule is COCCNC(CN)c1cccc(OC)c1OC. The lowest BCUT2D eigenvalue weighted by atomic mass is 10.1. The average Bonchev–Trinajstić information content (AvgIpc) is 2.42. The van der Waals surface area contributed by atoms with Crippen LogP contribution in [0.4, 0.5) is 0 Å². The molecule has 0 aromatic heterocycles. The third-order valence-corrected chi connectivity index (χ3v) is 2.74. The van der Waals surface area contributed by atoms with Crippen LogP contribution in [0.5, 0.6) is 11.5 Å². The molecule has 5 nitrogen and oxygen atoms in total. The van der Waals surface area contributed by atoms with Crippen LogP contribution in [0.2, 0.25) is 0 Å². The fourth-order valence-corrected chi connectivity index (χ4v) is 1.84. The summed E-state index contributed by atoms with van der Waals surface area (Å²) in [5.74, 6) is 1.43. The fourth-order valence-electron chi connectivity index (χ4n) is 1.84. The van der Waals surface area contributed by atoms with Crippen LogP contribution in [-0.2, 0) is 4.74 Å². The Balaban J connectivity index is 2.90. The zero-order chi connectivity index (χ0) is 13.4. The van der Waals surface area contributed by atoms with Gasteiger partial charge in [-0.25, -0.2) is 0 Å². The Morgan fingerprint density at radius 2 is 2.00 bits per heavy atom. The van der Waals surface area contributed by atoms with E-state index in [0.717, 1.165) is 17.9 Å². The van der Waals surface area contributed by atoms with Crippen LogP contribution in [0, 0.1) is 0 Å². The van der Waals surface area contributed by atoms with Crippen LogP contribution in [-0.4, -0.2) is 41.0 Å². The van der Waals surface area contributed by atoms with Gasteiger partial charge in [0.15, 0.2) is 11.5 Å². The number of ether oxygens (including phenoxy) is 3. The molecule has 5 heteroatoms. The molecule has 3 N–H and O–H groups in total. The van der Waals surface area contributed by atoms with Crippen LogP contribution in [0.1, 0.15) is 11.6 Å². The van der Waals surface area contributed by atoms with Crippen molar-refractivity contribution in [1.29, 1.82) is 0 Å². The summed E-state index contributed by atoms with van der Waals surface area (Å²) in [4.78, 5) is 0. The van der Waals surface area contributed by atoms with E-state index < -0.39 is 0 Å². The molecule has 1 aromatic rings. The summed E-state index contributed by atoms with van der Waals surface area (Å²) >= 11 is 0. The normalized spacial score (nSPS) is 12.2. The van der Waals surface area contributed by atoms with Crippen LogP contribution in [0.25, 0.3) is 0 Å². The van der Waals surface area contributed by atoms with Crippen molar-refractivity contribution < 1.29 is 14.2 Å². The molecule has 102 valence electrons. The van der Waals surface area contributed by atoms with E-state index in [9.17, 15) is 0 Å². The van der Waals surface area contributed by atoms with E-state index in [4.69, 9.17) is 19.9 Å². The van der Waals surface area contributed by atoms with Gasteiger partial charge in [0, 0.05) is 31.8 Å². The molecule has 0 fully saturated rings. The van der Waals surface area contributed by atoms with Gasteiger partial charge in [0.05, 0.1) is 20.8 Å². The molecular formula is C13H22N2O3. The minimum atomic E-state index is 0.0187. The van der Waals surface area contributed by atoms with Crippen LogP contribution in [0.3, 0.4) is 0 Å². The molecule has 0 aliphatic heterocycles. The highest BCUT2D eigenvalue weighted by Gasteiger charge is 2.17. The van der Waals surface area contributed by atoms with Crippen LogP contribution < -0.4 is 20.5 Å². The molecule has 0 amide bonds. The monoisotopic (exact) mass is 254 g/mol. The lowest BCUT2D eigenvalue weighted by Crippen LogP contribution is -2.31. The van der Waals surface area contributed by atoms with Gasteiger partial charge in [-0.1, -0.05) is 12.1 Å². The highest BCUT2D eigenvalue weighted by molar-refractivity contribution is 5.48. The van der Waals surface area contributed by atoms with E-state index in [2.05, 4.69) is 5.32 Å². The first-order valence-corrected chi connectivity index (χ1v) is 5.91. The highest BCUT2D eigenvalue weighted by Crippen LogP contribution is 2.34. The number of nitrogens with one attached hydrogen (secondary N) is 1. The molecule has 0 aliphatic rings. The molecule has 1 aromatic carbocycles. The second-order valence-electron chi connectivity index (χ2n) is 3.82. The Kier molecular flexibility index (Phi) is 6.49. The number of hydrogen-bond acceptors (Lipinski definition) is 5. The fraction of sp³-hybridized carbons (Fsp3) is 0.538. The first kappa shape index (κ1) is 14.8. The molecule has 0 saturated heterocycles. The molecule has 0 radical (unpaired) electrons. The van der Waals surface area contributed by atoms with Crippen molar-refractivity contribution in [2.45, 2.75) is 6.04 Å². The van der Waals surface area contributed by atoms with Crippen molar-refractivity contribution in [2.24, 2.45) is 5.73 Å². The minimum absolute atomic E-state index is 0.0187. The standard InChI is InChI=1S/C13H22N2O3/c1-16-8-7-15-11(9-14)10-5-4-6-12(17-2)13(10)18-3/h4-6,11,15H,7-9,14H2,1-3H3. The van der Waals surface area contributed by atoms with Gasteiger partial charge in [-0.3, -0.25) is 0 Å². The number of methoxy groups -OCH3 is 3. The maximum absolute atomic E-state index is 5.80. The topological polar surface area (TPSA) is 65.7 Å². The molecule has 1 rings (SSSR count). The molecule has 0 heterocycles. The summed E-state index contributed by atoms with van der Waals surface area (Å²) in [7, 11) is 4.92. The molecule has 18 heavy (non-hydrogen) atoms. The molecular weight excluding hydrogens is 232 g/mol. The van der Waals surface area contributed by atoms with Gasteiger partial charge < -0.3 is 25.3 Å². The Labute approximate surface area is 108 Å². The molecule has 1 unspecified atom stereocenters. The summed E-state index contributed by atoms with van der Waals surface area (Å²) in [5, 5.41) is 3.33. The summed E-state index contributed by atoms with van der Waals surface area (Å²) in [5.41, 5.74) is 6.80. The Bertz CT molecular complexity index is 358. The predicted octanol–water partition coefficient (Wildman–Crippen LogP) is 0.940. The van der Waals surface area contributed by atoms with Gasteiger partial charge in [-0.15, -0.1) is 0 Å². The van der Waals surface area contributed by atoms with Crippen molar-refractivity contribution >= 4 is 0 Å². The zero-order valence-electron chi connectivity index (χ0n) is 11.2. The van der Waals surface area contributed by atoms with E-state index in [0.29, 0.717) is 18.9 Å². The summed E-state index contributed by atoms with van der Waals surface area (Å²) in [6.07, 6.45) is 0. The van der Waals surface area contributed by atoms with Gasteiger partial charge >= 0.3 is 0 Å². The lowest BCUT2D eigenvalue weighted by Gasteiger charge is -2.21. The van der Waals surface area contributed by atoms with Crippen molar-refractivity contribution in [3.8, 4) is 11.5 Å². The van der Waals surface area contributed by atoms with E-state index in [-0.39, 0.29) is 6.04 Å². The quantitative estimate of drug-likeness (QED) is 0.676. The molecule has 0 saturated carbocycles. The Morgan fingerprint density at radius 1 is 1.22 bits per heavy atom. The molecule has 0 bridgehead atoms. The van der Waals surface area contributed by atoms with Gasteiger partial charge in [0.2, 0.25) is 0 Å². The third-order valence-electron chi connectivity index (χ3n) is 2.74. The van der Waals surface area contributed by atoms with Gasteiger partial charge in [-0.05, 0) is 6.07 Å². The van der Waals surface area contributed by atoms with E-state index in [1.54, 1.807) is 21.3 Å². The molecule has 0 aliphatic carbocycles. The highest BCUT2D eigenvalue weighted by atomic mass is 16.5. The number of hydrogen-bond donors (Lipinski definition) is 2. The summed E-state index contributed by atoms with van der Waals surface area (Å²) in [6.45, 7) is 1.86. The van der Waals surface area contributed by atoms with Gasteiger partial charge in [-0.2, -0.15) is 0 Å². The lowest BCUT2D eigenvalue weighted by molar-refractivity contribution is 0.195. The zero-order valence-corrected chi connectivity index (χ0v) is 11.2. The van der Waals surface area contributed by atoms with Crippen molar-refractivity contribution in [3.05, 3.63) is 23.8 Å². The third kappa shape index (κ3) is 3.60. The molecule has 1 atom stereocenters. The smallest absolute Gasteiger partial charge is 0.165 e. The van der Waals surface area contributed by atoms with Crippen LogP contribution in [0.15, 0.2) is 18.2 Å².